The molecule has 1 N–H and O–H groups in total. The van der Waals surface area contributed by atoms with Gasteiger partial charge in [0.1, 0.15) is 22.6 Å². The maximum Gasteiger partial charge on any atom is 0.341 e. The number of carbonyl (C=O) groups is 2. The number of benzene rings is 1. The molecular weight excluding hydrogens is 396 g/mol. The van der Waals surface area contributed by atoms with Gasteiger partial charge in [-0.2, -0.15) is 0 Å². The Balaban J connectivity index is 3.16. The van der Waals surface area contributed by atoms with Crippen molar-refractivity contribution in [3.63, 3.8) is 0 Å². The zero-order valence-electron chi connectivity index (χ0n) is 19.9. The maximum absolute atomic E-state index is 12.3. The SMILES string of the molecule is CCCCC(CC)COc1cc(OCC(CC)CCCC)c(C(=O)OC)cc1C(=O)O. The third kappa shape index (κ3) is 8.80. The lowest BCUT2D eigenvalue weighted by molar-refractivity contribution is 0.0594. The lowest BCUT2D eigenvalue weighted by Crippen LogP contribution is -2.16. The molecule has 0 radical (unpaired) electrons. The Labute approximate surface area is 187 Å². The van der Waals surface area contributed by atoms with Gasteiger partial charge in [0, 0.05) is 6.07 Å². The van der Waals surface area contributed by atoms with Crippen LogP contribution in [0.3, 0.4) is 0 Å². The van der Waals surface area contributed by atoms with E-state index in [1.165, 1.54) is 19.2 Å². The highest BCUT2D eigenvalue weighted by atomic mass is 16.5. The summed E-state index contributed by atoms with van der Waals surface area (Å²) in [5.41, 5.74) is 0.0479. The Morgan fingerprint density at radius 3 is 1.71 bits per heavy atom. The van der Waals surface area contributed by atoms with Crippen molar-refractivity contribution in [3.05, 3.63) is 23.3 Å². The van der Waals surface area contributed by atoms with Crippen molar-refractivity contribution in [1.29, 1.82) is 0 Å². The summed E-state index contributed by atoms with van der Waals surface area (Å²) >= 11 is 0. The zero-order chi connectivity index (χ0) is 23.2. The molecule has 0 aliphatic rings. The highest BCUT2D eigenvalue weighted by Gasteiger charge is 2.23. The second-order valence-electron chi connectivity index (χ2n) is 8.10. The van der Waals surface area contributed by atoms with Gasteiger partial charge in [-0.1, -0.05) is 66.2 Å². The lowest BCUT2D eigenvalue weighted by Gasteiger charge is -2.20. The second kappa shape index (κ2) is 14.7. The molecule has 2 unspecified atom stereocenters. The van der Waals surface area contributed by atoms with Crippen LogP contribution < -0.4 is 9.47 Å². The number of esters is 1. The van der Waals surface area contributed by atoms with Crippen LogP contribution in [0, 0.1) is 11.8 Å². The van der Waals surface area contributed by atoms with Crippen LogP contribution in [0.5, 0.6) is 11.5 Å². The minimum absolute atomic E-state index is 0.0591. The first-order valence-electron chi connectivity index (χ1n) is 11.7. The van der Waals surface area contributed by atoms with E-state index in [9.17, 15) is 14.7 Å². The first kappa shape index (κ1) is 26.8. The van der Waals surface area contributed by atoms with Gasteiger partial charge < -0.3 is 19.3 Å². The first-order chi connectivity index (χ1) is 14.9. The van der Waals surface area contributed by atoms with Crippen molar-refractivity contribution in [2.24, 2.45) is 11.8 Å². The minimum atomic E-state index is -1.15. The van der Waals surface area contributed by atoms with Crippen LogP contribution in [-0.2, 0) is 4.74 Å². The number of aromatic carboxylic acids is 1. The predicted octanol–water partition coefficient (Wildman–Crippen LogP) is 6.36. The second-order valence-corrected chi connectivity index (χ2v) is 8.10. The molecule has 31 heavy (non-hydrogen) atoms. The average molecular weight is 437 g/mol. The summed E-state index contributed by atoms with van der Waals surface area (Å²) in [5.74, 6) is -0.518. The van der Waals surface area contributed by atoms with E-state index in [4.69, 9.17) is 14.2 Å². The molecule has 0 saturated carbocycles. The Morgan fingerprint density at radius 1 is 0.839 bits per heavy atom. The smallest absolute Gasteiger partial charge is 0.341 e. The number of carbonyl (C=O) groups excluding carboxylic acids is 1. The molecule has 6 nitrogen and oxygen atoms in total. The van der Waals surface area contributed by atoms with Crippen molar-refractivity contribution in [3.8, 4) is 11.5 Å². The van der Waals surface area contributed by atoms with Crippen LogP contribution in [0.25, 0.3) is 0 Å². The number of rotatable bonds is 16. The molecule has 1 aromatic carbocycles. The summed E-state index contributed by atoms with van der Waals surface area (Å²) in [6.45, 7) is 9.42. The summed E-state index contributed by atoms with van der Waals surface area (Å²) in [6.07, 6.45) is 8.47. The van der Waals surface area contributed by atoms with Crippen molar-refractivity contribution in [2.75, 3.05) is 20.3 Å². The van der Waals surface area contributed by atoms with E-state index in [2.05, 4.69) is 27.7 Å². The number of carboxylic acids is 1. The number of carboxylic acid groups (broad SMARTS) is 1. The van der Waals surface area contributed by atoms with Gasteiger partial charge in [0.05, 0.1) is 20.3 Å². The number of methoxy groups -OCH3 is 1. The molecule has 0 aliphatic carbocycles. The van der Waals surface area contributed by atoms with E-state index in [-0.39, 0.29) is 16.9 Å². The summed E-state index contributed by atoms with van der Waals surface area (Å²) < 4.78 is 16.8. The Morgan fingerprint density at radius 2 is 1.32 bits per heavy atom. The molecule has 0 bridgehead atoms. The van der Waals surface area contributed by atoms with E-state index in [1.54, 1.807) is 0 Å². The Bertz CT molecular complexity index is 685. The quantitative estimate of drug-likeness (QED) is 0.304. The van der Waals surface area contributed by atoms with E-state index < -0.39 is 11.9 Å². The van der Waals surface area contributed by atoms with Gasteiger partial charge in [-0.15, -0.1) is 0 Å². The number of ether oxygens (including phenoxy) is 3. The van der Waals surface area contributed by atoms with Crippen molar-refractivity contribution in [1.82, 2.24) is 0 Å². The first-order valence-corrected chi connectivity index (χ1v) is 11.7. The molecule has 176 valence electrons. The van der Waals surface area contributed by atoms with Crippen LogP contribution in [-0.4, -0.2) is 37.4 Å². The Kier molecular flexibility index (Phi) is 12.7. The van der Waals surface area contributed by atoms with Crippen LogP contribution in [0.2, 0.25) is 0 Å². The molecule has 0 saturated heterocycles. The molecule has 0 heterocycles. The average Bonchev–Trinajstić information content (AvgIpc) is 2.78. The van der Waals surface area contributed by atoms with Gasteiger partial charge in [0.15, 0.2) is 0 Å². The van der Waals surface area contributed by atoms with Crippen LogP contribution in [0.1, 0.15) is 99.8 Å². The van der Waals surface area contributed by atoms with E-state index in [0.717, 1.165) is 51.4 Å². The third-order valence-corrected chi connectivity index (χ3v) is 5.75. The fraction of sp³-hybridized carbons (Fsp3) is 0.680. The molecule has 1 aromatic rings. The van der Waals surface area contributed by atoms with Gasteiger partial charge in [0.2, 0.25) is 0 Å². The van der Waals surface area contributed by atoms with Crippen LogP contribution >= 0.6 is 0 Å². The zero-order valence-corrected chi connectivity index (χ0v) is 19.9. The van der Waals surface area contributed by atoms with Crippen molar-refractivity contribution < 1.29 is 28.9 Å². The molecule has 2 atom stereocenters. The van der Waals surface area contributed by atoms with E-state index >= 15 is 0 Å². The molecule has 0 amide bonds. The summed E-state index contributed by atoms with van der Waals surface area (Å²) in [7, 11) is 1.27. The van der Waals surface area contributed by atoms with Crippen molar-refractivity contribution in [2.45, 2.75) is 79.1 Å². The fourth-order valence-corrected chi connectivity index (χ4v) is 3.45. The minimum Gasteiger partial charge on any atom is -0.492 e. The largest absolute Gasteiger partial charge is 0.492 e. The number of unbranched alkanes of at least 4 members (excludes halogenated alkanes) is 2. The summed E-state index contributed by atoms with van der Waals surface area (Å²) in [5, 5.41) is 9.68. The number of hydrogen-bond donors (Lipinski definition) is 1. The van der Waals surface area contributed by atoms with E-state index in [0.29, 0.717) is 30.8 Å². The monoisotopic (exact) mass is 436 g/mol. The summed E-state index contributed by atoms with van der Waals surface area (Å²) in [6, 6.07) is 2.84. The standard InChI is InChI=1S/C25H40O6/c1-6-10-12-18(8-3)16-30-22-15-23(31-17-19(9-4)13-11-7-2)21(25(28)29-5)14-20(22)24(26)27/h14-15,18-19H,6-13,16-17H2,1-5H3,(H,26,27). The number of hydrogen-bond acceptors (Lipinski definition) is 5. The molecule has 0 aromatic heterocycles. The Hall–Kier alpha value is -2.24. The molecule has 6 heteroatoms. The van der Waals surface area contributed by atoms with Crippen molar-refractivity contribution >= 4 is 11.9 Å². The lowest BCUT2D eigenvalue weighted by atomic mass is 10.00. The van der Waals surface area contributed by atoms with Gasteiger partial charge in [-0.05, 0) is 30.7 Å². The molecule has 0 spiro atoms. The third-order valence-electron chi connectivity index (χ3n) is 5.75. The molecule has 0 aliphatic heterocycles. The summed E-state index contributed by atoms with van der Waals surface area (Å²) in [4.78, 5) is 24.1. The highest BCUT2D eigenvalue weighted by molar-refractivity contribution is 5.98. The normalized spacial score (nSPS) is 12.8. The maximum atomic E-state index is 12.3. The molecule has 1 rings (SSSR count). The van der Waals surface area contributed by atoms with Crippen LogP contribution in [0.15, 0.2) is 12.1 Å². The van der Waals surface area contributed by atoms with Gasteiger partial charge >= 0.3 is 11.9 Å². The van der Waals surface area contributed by atoms with Gasteiger partial charge in [-0.3, -0.25) is 0 Å². The van der Waals surface area contributed by atoms with Gasteiger partial charge in [-0.25, -0.2) is 9.59 Å². The predicted molar refractivity (Wildman–Crippen MR) is 122 cm³/mol. The van der Waals surface area contributed by atoms with Crippen LogP contribution in [0.4, 0.5) is 0 Å². The van der Waals surface area contributed by atoms with E-state index in [1.807, 2.05) is 0 Å². The molecule has 0 fully saturated rings. The topological polar surface area (TPSA) is 82.1 Å². The molecular formula is C25H40O6. The highest BCUT2D eigenvalue weighted by Crippen LogP contribution is 2.32. The fourth-order valence-electron chi connectivity index (χ4n) is 3.45. The van der Waals surface area contributed by atoms with Gasteiger partial charge in [0.25, 0.3) is 0 Å².